The van der Waals surface area contributed by atoms with Crippen LogP contribution in [-0.4, -0.2) is 58.1 Å². The van der Waals surface area contributed by atoms with E-state index in [2.05, 4.69) is 16.7 Å². The van der Waals surface area contributed by atoms with Gasteiger partial charge in [-0.3, -0.25) is 14.6 Å². The van der Waals surface area contributed by atoms with Crippen LogP contribution in [0.1, 0.15) is 51.9 Å². The molecule has 3 rings (SSSR count). The predicted octanol–water partition coefficient (Wildman–Crippen LogP) is 1.94. The summed E-state index contributed by atoms with van der Waals surface area (Å²) >= 11 is 0. The van der Waals surface area contributed by atoms with E-state index in [-0.39, 0.29) is 5.54 Å². The Labute approximate surface area is 115 Å². The molecule has 0 amide bonds. The molecule has 2 atom stereocenters. The van der Waals surface area contributed by atoms with E-state index in [9.17, 15) is 9.90 Å². The third-order valence-corrected chi connectivity index (χ3v) is 5.24. The summed E-state index contributed by atoms with van der Waals surface area (Å²) in [6, 6.07) is 1.30. The van der Waals surface area contributed by atoms with Gasteiger partial charge in [-0.2, -0.15) is 0 Å². The molecule has 0 aromatic carbocycles. The Morgan fingerprint density at radius 1 is 1.26 bits per heavy atom. The molecule has 1 aliphatic carbocycles. The van der Waals surface area contributed by atoms with Gasteiger partial charge in [-0.05, 0) is 52.1 Å². The first kappa shape index (κ1) is 13.4. The van der Waals surface area contributed by atoms with Crippen molar-refractivity contribution in [3.05, 3.63) is 0 Å². The summed E-state index contributed by atoms with van der Waals surface area (Å²) in [5.41, 5.74) is -0.0890. The van der Waals surface area contributed by atoms with Gasteiger partial charge in [0.05, 0.1) is 6.42 Å². The van der Waals surface area contributed by atoms with E-state index >= 15 is 0 Å². The number of rotatable bonds is 4. The van der Waals surface area contributed by atoms with Crippen LogP contribution in [0.15, 0.2) is 0 Å². The van der Waals surface area contributed by atoms with Crippen LogP contribution in [0.3, 0.4) is 0 Å². The Hall–Kier alpha value is -0.610. The number of hydrogen-bond acceptors (Lipinski definition) is 3. The number of likely N-dealkylation sites (tertiary alicyclic amines) is 2. The van der Waals surface area contributed by atoms with Crippen molar-refractivity contribution >= 4 is 5.97 Å². The average molecular weight is 266 g/mol. The van der Waals surface area contributed by atoms with Crippen molar-refractivity contribution in [3.63, 3.8) is 0 Å². The number of carboxylic acid groups (broad SMARTS) is 1. The van der Waals surface area contributed by atoms with Crippen LogP contribution in [0.4, 0.5) is 0 Å². The van der Waals surface area contributed by atoms with Gasteiger partial charge in [0.15, 0.2) is 0 Å². The Kier molecular flexibility index (Phi) is 3.56. The molecule has 4 heteroatoms. The Bertz CT molecular complexity index is 350. The van der Waals surface area contributed by atoms with Crippen molar-refractivity contribution in [2.24, 2.45) is 0 Å². The van der Waals surface area contributed by atoms with E-state index in [4.69, 9.17) is 0 Å². The SMILES string of the molecule is CC1CC(CC(=O)O)(N2CCCCC2)CN1C1CC1. The van der Waals surface area contributed by atoms with Crippen LogP contribution >= 0.6 is 0 Å². The smallest absolute Gasteiger partial charge is 0.305 e. The molecule has 4 nitrogen and oxygen atoms in total. The standard InChI is InChI=1S/C15H26N2O2/c1-12-9-15(10-14(18)19,11-17(12)13-5-6-13)16-7-3-2-4-8-16/h12-13H,2-11H2,1H3,(H,18,19). The van der Waals surface area contributed by atoms with Gasteiger partial charge in [0.25, 0.3) is 0 Å². The highest BCUT2D eigenvalue weighted by Gasteiger charge is 2.50. The van der Waals surface area contributed by atoms with E-state index in [0.29, 0.717) is 12.5 Å². The van der Waals surface area contributed by atoms with Gasteiger partial charge in [-0.1, -0.05) is 6.42 Å². The number of nitrogens with zero attached hydrogens (tertiary/aromatic N) is 2. The monoisotopic (exact) mass is 266 g/mol. The molecule has 0 spiro atoms. The van der Waals surface area contributed by atoms with Gasteiger partial charge in [0, 0.05) is 24.2 Å². The highest BCUT2D eigenvalue weighted by molar-refractivity contribution is 5.68. The van der Waals surface area contributed by atoms with Crippen molar-refractivity contribution < 1.29 is 9.90 Å². The third-order valence-electron chi connectivity index (χ3n) is 5.24. The fraction of sp³-hybridized carbons (Fsp3) is 0.933. The molecule has 0 radical (unpaired) electrons. The summed E-state index contributed by atoms with van der Waals surface area (Å²) in [4.78, 5) is 16.4. The Morgan fingerprint density at radius 2 is 1.95 bits per heavy atom. The molecule has 2 heterocycles. The fourth-order valence-corrected chi connectivity index (χ4v) is 4.24. The van der Waals surface area contributed by atoms with Crippen LogP contribution in [-0.2, 0) is 4.79 Å². The maximum absolute atomic E-state index is 11.4. The molecule has 108 valence electrons. The minimum Gasteiger partial charge on any atom is -0.481 e. The summed E-state index contributed by atoms with van der Waals surface area (Å²) in [6.45, 7) is 5.45. The normalized spacial score (nSPS) is 37.6. The van der Waals surface area contributed by atoms with Crippen molar-refractivity contribution in [2.45, 2.75) is 69.5 Å². The fourth-order valence-electron chi connectivity index (χ4n) is 4.24. The van der Waals surface area contributed by atoms with E-state index in [1.54, 1.807) is 0 Å². The summed E-state index contributed by atoms with van der Waals surface area (Å²) in [7, 11) is 0. The molecule has 19 heavy (non-hydrogen) atoms. The lowest BCUT2D eigenvalue weighted by atomic mass is 9.88. The zero-order chi connectivity index (χ0) is 13.5. The summed E-state index contributed by atoms with van der Waals surface area (Å²) < 4.78 is 0. The Balaban J connectivity index is 1.78. The van der Waals surface area contributed by atoms with Crippen molar-refractivity contribution in [1.82, 2.24) is 9.80 Å². The number of carbonyl (C=O) groups is 1. The number of piperidine rings is 1. The van der Waals surface area contributed by atoms with E-state index in [1.165, 1.54) is 32.1 Å². The predicted molar refractivity (Wildman–Crippen MR) is 74.2 cm³/mol. The topological polar surface area (TPSA) is 43.8 Å². The molecule has 2 unspecified atom stereocenters. The second kappa shape index (κ2) is 5.06. The zero-order valence-corrected chi connectivity index (χ0v) is 12.0. The van der Waals surface area contributed by atoms with Crippen LogP contribution in [0.25, 0.3) is 0 Å². The first-order chi connectivity index (χ1) is 9.11. The number of aliphatic carboxylic acids is 1. The van der Waals surface area contributed by atoms with Crippen molar-refractivity contribution in [1.29, 1.82) is 0 Å². The second-order valence-electron chi connectivity index (χ2n) is 6.80. The molecule has 3 fully saturated rings. The molecular formula is C15H26N2O2. The Morgan fingerprint density at radius 3 is 2.53 bits per heavy atom. The molecule has 1 N–H and O–H groups in total. The average Bonchev–Trinajstić information content (AvgIpc) is 3.16. The molecule has 3 aliphatic rings. The summed E-state index contributed by atoms with van der Waals surface area (Å²) in [5, 5.41) is 9.35. The zero-order valence-electron chi connectivity index (χ0n) is 12.0. The highest BCUT2D eigenvalue weighted by atomic mass is 16.4. The molecule has 2 aliphatic heterocycles. The third kappa shape index (κ3) is 2.65. The molecule has 1 saturated carbocycles. The van der Waals surface area contributed by atoms with E-state index in [1.807, 2.05) is 0 Å². The van der Waals surface area contributed by atoms with Crippen molar-refractivity contribution in [3.8, 4) is 0 Å². The largest absolute Gasteiger partial charge is 0.481 e. The lowest BCUT2D eigenvalue weighted by Crippen LogP contribution is -2.54. The van der Waals surface area contributed by atoms with Gasteiger partial charge >= 0.3 is 5.97 Å². The maximum Gasteiger partial charge on any atom is 0.305 e. The number of hydrogen-bond donors (Lipinski definition) is 1. The summed E-state index contributed by atoms with van der Waals surface area (Å²) in [5.74, 6) is -0.629. The minimum absolute atomic E-state index is 0.0890. The van der Waals surface area contributed by atoms with Crippen LogP contribution < -0.4 is 0 Å². The maximum atomic E-state index is 11.4. The first-order valence-corrected chi connectivity index (χ1v) is 7.83. The number of carboxylic acids is 1. The van der Waals surface area contributed by atoms with Gasteiger partial charge < -0.3 is 5.11 Å². The van der Waals surface area contributed by atoms with Crippen LogP contribution in [0.2, 0.25) is 0 Å². The minimum atomic E-state index is -0.629. The van der Waals surface area contributed by atoms with Crippen molar-refractivity contribution in [2.75, 3.05) is 19.6 Å². The molecule has 0 aromatic heterocycles. The quantitative estimate of drug-likeness (QED) is 0.844. The lowest BCUT2D eigenvalue weighted by molar-refractivity contribution is -0.140. The first-order valence-electron chi connectivity index (χ1n) is 7.83. The molecule has 0 aromatic rings. The lowest BCUT2D eigenvalue weighted by Gasteiger charge is -2.42. The second-order valence-corrected chi connectivity index (χ2v) is 6.80. The van der Waals surface area contributed by atoms with E-state index < -0.39 is 5.97 Å². The molecular weight excluding hydrogens is 240 g/mol. The van der Waals surface area contributed by atoms with Gasteiger partial charge in [0.2, 0.25) is 0 Å². The van der Waals surface area contributed by atoms with Gasteiger partial charge in [-0.25, -0.2) is 0 Å². The van der Waals surface area contributed by atoms with Crippen LogP contribution in [0.5, 0.6) is 0 Å². The van der Waals surface area contributed by atoms with E-state index in [0.717, 1.165) is 32.1 Å². The van der Waals surface area contributed by atoms with Gasteiger partial charge in [-0.15, -0.1) is 0 Å². The van der Waals surface area contributed by atoms with Gasteiger partial charge in [0.1, 0.15) is 0 Å². The molecule has 0 bridgehead atoms. The highest BCUT2D eigenvalue weighted by Crippen LogP contribution is 2.42. The summed E-state index contributed by atoms with van der Waals surface area (Å²) in [6.07, 6.45) is 7.76. The molecule has 2 saturated heterocycles. The van der Waals surface area contributed by atoms with Crippen LogP contribution in [0, 0.1) is 0 Å².